The molecule has 3 nitrogen and oxygen atoms in total. The number of amides is 1. The van der Waals surface area contributed by atoms with Crippen molar-refractivity contribution in [1.82, 2.24) is 4.90 Å². The summed E-state index contributed by atoms with van der Waals surface area (Å²) in [6.45, 7) is 0.504. The van der Waals surface area contributed by atoms with Gasteiger partial charge < -0.3 is 10.2 Å². The Labute approximate surface area is 162 Å². The Bertz CT molecular complexity index is 959. The molecule has 0 saturated heterocycles. The number of carbonyl (C=O) groups excluding carboxylic acids is 1. The van der Waals surface area contributed by atoms with E-state index in [2.05, 4.69) is 5.32 Å². The number of benzene rings is 3. The summed E-state index contributed by atoms with van der Waals surface area (Å²) in [6, 6.07) is 22.8. The van der Waals surface area contributed by atoms with Crippen LogP contribution in [0.2, 0.25) is 10.0 Å². The third-order valence-electron chi connectivity index (χ3n) is 4.47. The van der Waals surface area contributed by atoms with Gasteiger partial charge in [0.1, 0.15) is 6.17 Å². The Morgan fingerprint density at radius 3 is 2.46 bits per heavy atom. The van der Waals surface area contributed by atoms with Gasteiger partial charge in [-0.25, -0.2) is 0 Å². The van der Waals surface area contributed by atoms with Gasteiger partial charge in [-0.3, -0.25) is 4.79 Å². The van der Waals surface area contributed by atoms with Gasteiger partial charge in [0.15, 0.2) is 0 Å². The average Bonchev–Trinajstić information content (AvgIpc) is 2.92. The standard InChI is InChI=1S/C21H16Cl2N2O/c22-15-10-11-18(23)19(12-15)24-20-16-8-4-5-9-17(16)21(26)25(20)13-14-6-2-1-3-7-14/h1-12,20,24H,13H2. The van der Waals surface area contributed by atoms with Gasteiger partial charge in [0.2, 0.25) is 0 Å². The maximum atomic E-state index is 13.0. The minimum absolute atomic E-state index is 0.0000959. The highest BCUT2D eigenvalue weighted by atomic mass is 35.5. The van der Waals surface area contributed by atoms with Crippen LogP contribution in [0.15, 0.2) is 72.8 Å². The van der Waals surface area contributed by atoms with E-state index in [0.29, 0.717) is 27.8 Å². The summed E-state index contributed by atoms with van der Waals surface area (Å²) in [7, 11) is 0. The maximum absolute atomic E-state index is 13.0. The Balaban J connectivity index is 1.72. The number of hydrogen-bond acceptors (Lipinski definition) is 2. The topological polar surface area (TPSA) is 32.3 Å². The van der Waals surface area contributed by atoms with Crippen LogP contribution in [-0.2, 0) is 6.54 Å². The van der Waals surface area contributed by atoms with Crippen LogP contribution in [0.5, 0.6) is 0 Å². The molecule has 26 heavy (non-hydrogen) atoms. The molecule has 130 valence electrons. The number of rotatable bonds is 4. The van der Waals surface area contributed by atoms with Gasteiger partial charge in [-0.1, -0.05) is 71.7 Å². The van der Waals surface area contributed by atoms with Gasteiger partial charge >= 0.3 is 0 Å². The fourth-order valence-electron chi connectivity index (χ4n) is 3.22. The minimum Gasteiger partial charge on any atom is -0.360 e. The van der Waals surface area contributed by atoms with Crippen molar-refractivity contribution in [1.29, 1.82) is 0 Å². The summed E-state index contributed by atoms with van der Waals surface area (Å²) in [4.78, 5) is 14.8. The molecule has 4 rings (SSSR count). The van der Waals surface area contributed by atoms with Crippen LogP contribution in [0.1, 0.15) is 27.7 Å². The lowest BCUT2D eigenvalue weighted by Gasteiger charge is -2.27. The second kappa shape index (κ2) is 7.02. The molecule has 0 bridgehead atoms. The van der Waals surface area contributed by atoms with Gasteiger partial charge in [0, 0.05) is 22.7 Å². The molecule has 0 fully saturated rings. The summed E-state index contributed by atoms with van der Waals surface area (Å²) >= 11 is 12.4. The SMILES string of the molecule is O=C1c2ccccc2C(Nc2cc(Cl)ccc2Cl)N1Cc1ccccc1. The van der Waals surface area contributed by atoms with Crippen LogP contribution >= 0.6 is 23.2 Å². The third-order valence-corrected chi connectivity index (χ3v) is 5.04. The van der Waals surface area contributed by atoms with E-state index in [1.165, 1.54) is 0 Å². The number of fused-ring (bicyclic) bond motifs is 1. The van der Waals surface area contributed by atoms with Gasteiger partial charge in [0.25, 0.3) is 5.91 Å². The molecule has 5 heteroatoms. The molecule has 3 aromatic carbocycles. The minimum atomic E-state index is -0.310. The van der Waals surface area contributed by atoms with E-state index in [4.69, 9.17) is 23.2 Å². The van der Waals surface area contributed by atoms with Gasteiger partial charge in [-0.15, -0.1) is 0 Å². The molecule has 3 aromatic rings. The number of halogens is 2. The Kier molecular flexibility index (Phi) is 4.58. The molecular formula is C21H16Cl2N2O. The highest BCUT2D eigenvalue weighted by Gasteiger charge is 2.36. The summed E-state index contributed by atoms with van der Waals surface area (Å²) < 4.78 is 0. The largest absolute Gasteiger partial charge is 0.360 e. The quantitative estimate of drug-likeness (QED) is 0.621. The molecule has 0 spiro atoms. The van der Waals surface area contributed by atoms with Crippen molar-refractivity contribution < 1.29 is 4.79 Å². The molecule has 1 aliphatic rings. The normalized spacial score (nSPS) is 15.8. The Morgan fingerprint density at radius 1 is 0.923 bits per heavy atom. The fraction of sp³-hybridized carbons (Fsp3) is 0.0952. The van der Waals surface area contributed by atoms with Crippen molar-refractivity contribution in [2.45, 2.75) is 12.7 Å². The van der Waals surface area contributed by atoms with Crippen molar-refractivity contribution in [3.63, 3.8) is 0 Å². The first kappa shape index (κ1) is 17.0. The summed E-state index contributed by atoms with van der Waals surface area (Å²) in [5.74, 6) is 0.0000959. The second-order valence-corrected chi connectivity index (χ2v) is 7.02. The molecule has 0 aliphatic carbocycles. The van der Waals surface area contributed by atoms with E-state index in [-0.39, 0.29) is 12.1 Å². The fourth-order valence-corrected chi connectivity index (χ4v) is 3.57. The lowest BCUT2D eigenvalue weighted by Crippen LogP contribution is -2.31. The second-order valence-electron chi connectivity index (χ2n) is 6.18. The summed E-state index contributed by atoms with van der Waals surface area (Å²) in [5, 5.41) is 4.54. The molecule has 1 amide bonds. The number of nitrogens with zero attached hydrogens (tertiary/aromatic N) is 1. The smallest absolute Gasteiger partial charge is 0.256 e. The maximum Gasteiger partial charge on any atom is 0.256 e. The van der Waals surface area contributed by atoms with Crippen molar-refractivity contribution in [2.24, 2.45) is 0 Å². The average molecular weight is 383 g/mol. The predicted octanol–water partition coefficient (Wildman–Crippen LogP) is 5.76. The van der Waals surface area contributed by atoms with E-state index in [9.17, 15) is 4.79 Å². The first-order valence-electron chi connectivity index (χ1n) is 8.29. The highest BCUT2D eigenvalue weighted by molar-refractivity contribution is 6.35. The zero-order valence-electron chi connectivity index (χ0n) is 13.8. The van der Waals surface area contributed by atoms with Crippen LogP contribution in [-0.4, -0.2) is 10.8 Å². The van der Waals surface area contributed by atoms with E-state index < -0.39 is 0 Å². The molecule has 1 aliphatic heterocycles. The highest BCUT2D eigenvalue weighted by Crippen LogP contribution is 2.37. The zero-order chi connectivity index (χ0) is 18.1. The lowest BCUT2D eigenvalue weighted by atomic mass is 10.1. The van der Waals surface area contributed by atoms with Crippen LogP contribution in [0.25, 0.3) is 0 Å². The van der Waals surface area contributed by atoms with E-state index in [0.717, 1.165) is 11.1 Å². The first-order valence-corrected chi connectivity index (χ1v) is 9.04. The molecule has 0 aromatic heterocycles. The van der Waals surface area contributed by atoms with Gasteiger partial charge in [0.05, 0.1) is 10.7 Å². The van der Waals surface area contributed by atoms with Crippen LogP contribution in [0, 0.1) is 0 Å². The summed E-state index contributed by atoms with van der Waals surface area (Å²) in [5.41, 5.74) is 3.41. The zero-order valence-corrected chi connectivity index (χ0v) is 15.3. The van der Waals surface area contributed by atoms with E-state index >= 15 is 0 Å². The predicted molar refractivity (Wildman–Crippen MR) is 106 cm³/mol. The monoisotopic (exact) mass is 382 g/mol. The van der Waals surface area contributed by atoms with Gasteiger partial charge in [-0.05, 0) is 29.8 Å². The molecule has 1 N–H and O–H groups in total. The molecule has 1 heterocycles. The number of anilines is 1. The number of nitrogens with one attached hydrogen (secondary N) is 1. The van der Waals surface area contributed by atoms with Crippen LogP contribution < -0.4 is 5.32 Å². The summed E-state index contributed by atoms with van der Waals surface area (Å²) in [6.07, 6.45) is -0.310. The molecule has 1 atom stereocenters. The first-order chi connectivity index (χ1) is 12.6. The van der Waals surface area contributed by atoms with E-state index in [1.807, 2.05) is 59.5 Å². The number of hydrogen-bond donors (Lipinski definition) is 1. The lowest BCUT2D eigenvalue weighted by molar-refractivity contribution is 0.0729. The Hall–Kier alpha value is -2.49. The van der Waals surface area contributed by atoms with Gasteiger partial charge in [-0.2, -0.15) is 0 Å². The van der Waals surface area contributed by atoms with Crippen LogP contribution in [0.3, 0.4) is 0 Å². The third kappa shape index (κ3) is 3.16. The van der Waals surface area contributed by atoms with E-state index in [1.54, 1.807) is 18.2 Å². The van der Waals surface area contributed by atoms with Crippen molar-refractivity contribution in [3.05, 3.63) is 99.5 Å². The van der Waals surface area contributed by atoms with Crippen molar-refractivity contribution in [2.75, 3.05) is 5.32 Å². The van der Waals surface area contributed by atoms with Crippen molar-refractivity contribution >= 4 is 34.8 Å². The van der Waals surface area contributed by atoms with Crippen molar-refractivity contribution in [3.8, 4) is 0 Å². The molecular weight excluding hydrogens is 367 g/mol. The Morgan fingerprint density at radius 2 is 1.65 bits per heavy atom. The number of carbonyl (C=O) groups is 1. The van der Waals surface area contributed by atoms with Crippen LogP contribution in [0.4, 0.5) is 5.69 Å². The molecule has 0 radical (unpaired) electrons. The molecule has 1 unspecified atom stereocenters. The molecule has 0 saturated carbocycles.